The monoisotopic (exact) mass is 391 g/mol. The number of esters is 1. The van der Waals surface area contributed by atoms with Crippen molar-refractivity contribution < 1.29 is 19.1 Å². The Morgan fingerprint density at radius 1 is 1.12 bits per heavy atom. The maximum atomic E-state index is 12.3. The molecule has 0 bridgehead atoms. The number of hydrogen-bond donors (Lipinski definition) is 1. The SMILES string of the molecule is CC(=O)c1c(C)[nH]c(C(=O)O[C@@H](C)C(=O)c2ccc(Br)cc2)c1C. The number of nitrogens with one attached hydrogen (secondary N) is 1. The average molecular weight is 392 g/mol. The first-order valence-electron chi connectivity index (χ1n) is 7.43. The molecule has 0 spiro atoms. The number of rotatable bonds is 5. The van der Waals surface area contributed by atoms with Crippen molar-refractivity contribution in [2.75, 3.05) is 0 Å². The number of aromatic amines is 1. The van der Waals surface area contributed by atoms with Crippen molar-refractivity contribution in [2.45, 2.75) is 33.8 Å². The molecular formula is C18H18BrNO4. The van der Waals surface area contributed by atoms with E-state index in [9.17, 15) is 14.4 Å². The molecule has 0 saturated carbocycles. The van der Waals surface area contributed by atoms with Gasteiger partial charge < -0.3 is 9.72 Å². The van der Waals surface area contributed by atoms with E-state index in [-0.39, 0.29) is 17.3 Å². The normalized spacial score (nSPS) is 11.9. The third-order valence-corrected chi connectivity index (χ3v) is 4.30. The summed E-state index contributed by atoms with van der Waals surface area (Å²) < 4.78 is 6.13. The van der Waals surface area contributed by atoms with Crippen LogP contribution in [0, 0.1) is 13.8 Å². The molecule has 2 rings (SSSR count). The van der Waals surface area contributed by atoms with Crippen molar-refractivity contribution in [3.8, 4) is 0 Å². The van der Waals surface area contributed by atoms with E-state index in [2.05, 4.69) is 20.9 Å². The third-order valence-electron chi connectivity index (χ3n) is 3.78. The van der Waals surface area contributed by atoms with Crippen LogP contribution in [0.4, 0.5) is 0 Å². The number of carbonyl (C=O) groups is 3. The molecule has 0 unspecified atom stereocenters. The van der Waals surface area contributed by atoms with Crippen LogP contribution >= 0.6 is 15.9 Å². The Bertz CT molecular complexity index is 805. The van der Waals surface area contributed by atoms with E-state index < -0.39 is 12.1 Å². The van der Waals surface area contributed by atoms with Gasteiger partial charge >= 0.3 is 5.97 Å². The van der Waals surface area contributed by atoms with Crippen LogP contribution in [0.5, 0.6) is 0 Å². The smallest absolute Gasteiger partial charge is 0.355 e. The van der Waals surface area contributed by atoms with Crippen LogP contribution in [0.2, 0.25) is 0 Å². The fourth-order valence-electron chi connectivity index (χ4n) is 2.60. The lowest BCUT2D eigenvalue weighted by atomic mass is 10.1. The number of hydrogen-bond acceptors (Lipinski definition) is 4. The highest BCUT2D eigenvalue weighted by molar-refractivity contribution is 9.10. The maximum Gasteiger partial charge on any atom is 0.355 e. The van der Waals surface area contributed by atoms with Gasteiger partial charge in [0, 0.05) is 21.3 Å². The highest BCUT2D eigenvalue weighted by Crippen LogP contribution is 2.20. The first-order chi connectivity index (χ1) is 11.2. The summed E-state index contributed by atoms with van der Waals surface area (Å²) in [5.74, 6) is -1.07. The number of ketones is 2. The van der Waals surface area contributed by atoms with Crippen LogP contribution in [0.25, 0.3) is 0 Å². The lowest BCUT2D eigenvalue weighted by Crippen LogP contribution is -2.25. The molecule has 24 heavy (non-hydrogen) atoms. The second-order valence-electron chi connectivity index (χ2n) is 5.60. The second-order valence-corrected chi connectivity index (χ2v) is 6.52. The van der Waals surface area contributed by atoms with Gasteiger partial charge in [0.05, 0.1) is 0 Å². The Hall–Kier alpha value is -2.21. The summed E-state index contributed by atoms with van der Waals surface area (Å²) in [6, 6.07) is 6.82. The number of Topliss-reactive ketones (excluding diaryl/α,β-unsaturated/α-hetero) is 2. The van der Waals surface area contributed by atoms with Gasteiger partial charge in [-0.1, -0.05) is 28.1 Å². The fourth-order valence-corrected chi connectivity index (χ4v) is 2.87. The Morgan fingerprint density at radius 3 is 2.21 bits per heavy atom. The molecule has 5 nitrogen and oxygen atoms in total. The van der Waals surface area contributed by atoms with E-state index in [1.165, 1.54) is 13.8 Å². The minimum atomic E-state index is -0.928. The van der Waals surface area contributed by atoms with Crippen molar-refractivity contribution >= 4 is 33.5 Å². The molecule has 1 N–H and O–H groups in total. The van der Waals surface area contributed by atoms with Gasteiger partial charge in [0.1, 0.15) is 5.69 Å². The van der Waals surface area contributed by atoms with Crippen LogP contribution in [0.15, 0.2) is 28.7 Å². The fraction of sp³-hybridized carbons (Fsp3) is 0.278. The van der Waals surface area contributed by atoms with Crippen molar-refractivity contribution in [1.82, 2.24) is 4.98 Å². The molecule has 0 saturated heterocycles. The Balaban J connectivity index is 2.17. The summed E-state index contributed by atoms with van der Waals surface area (Å²) in [6.45, 7) is 6.37. The lowest BCUT2D eigenvalue weighted by Gasteiger charge is -2.12. The minimum Gasteiger partial charge on any atom is -0.450 e. The number of H-pyrrole nitrogens is 1. The third kappa shape index (κ3) is 3.64. The van der Waals surface area contributed by atoms with Gasteiger partial charge in [0.2, 0.25) is 5.78 Å². The predicted octanol–water partition coefficient (Wildman–Crippen LogP) is 4.02. The minimum absolute atomic E-state index is 0.126. The van der Waals surface area contributed by atoms with Gasteiger partial charge in [-0.2, -0.15) is 0 Å². The van der Waals surface area contributed by atoms with Crippen molar-refractivity contribution in [2.24, 2.45) is 0 Å². The number of halogens is 1. The molecule has 6 heteroatoms. The van der Waals surface area contributed by atoms with Gasteiger partial charge in [-0.25, -0.2) is 4.79 Å². The molecule has 2 aromatic rings. The Labute approximate surface area is 148 Å². The van der Waals surface area contributed by atoms with Crippen molar-refractivity contribution in [3.63, 3.8) is 0 Å². The topological polar surface area (TPSA) is 76.2 Å². The van der Waals surface area contributed by atoms with Crippen molar-refractivity contribution in [3.05, 3.63) is 56.8 Å². The number of benzene rings is 1. The summed E-state index contributed by atoms with van der Waals surface area (Å²) in [5.41, 5.74) is 2.29. The lowest BCUT2D eigenvalue weighted by molar-refractivity contribution is 0.0313. The molecule has 0 aliphatic heterocycles. The number of carbonyl (C=O) groups excluding carboxylic acids is 3. The van der Waals surface area contributed by atoms with Crippen LogP contribution < -0.4 is 0 Å². The molecule has 0 fully saturated rings. The summed E-state index contributed by atoms with van der Waals surface area (Å²) in [5, 5.41) is 0. The maximum absolute atomic E-state index is 12.3. The number of aromatic nitrogens is 1. The number of aryl methyl sites for hydroxylation is 1. The summed E-state index contributed by atoms with van der Waals surface area (Å²) in [6.07, 6.45) is -0.928. The zero-order chi connectivity index (χ0) is 18.0. The molecule has 0 radical (unpaired) electrons. The summed E-state index contributed by atoms with van der Waals surface area (Å²) in [4.78, 5) is 39.2. The van der Waals surface area contributed by atoms with Crippen LogP contribution in [0.3, 0.4) is 0 Å². The zero-order valence-electron chi connectivity index (χ0n) is 13.9. The molecule has 0 aliphatic rings. The highest BCUT2D eigenvalue weighted by atomic mass is 79.9. The highest BCUT2D eigenvalue weighted by Gasteiger charge is 2.25. The van der Waals surface area contributed by atoms with E-state index in [4.69, 9.17) is 4.74 Å². The van der Waals surface area contributed by atoms with E-state index in [0.29, 0.717) is 22.4 Å². The Morgan fingerprint density at radius 2 is 1.71 bits per heavy atom. The molecule has 1 atom stereocenters. The van der Waals surface area contributed by atoms with Gasteiger partial charge in [0.25, 0.3) is 0 Å². The van der Waals surface area contributed by atoms with Gasteiger partial charge in [-0.15, -0.1) is 0 Å². The quantitative estimate of drug-likeness (QED) is 0.616. The molecular weight excluding hydrogens is 374 g/mol. The zero-order valence-corrected chi connectivity index (χ0v) is 15.5. The van der Waals surface area contributed by atoms with Crippen molar-refractivity contribution in [1.29, 1.82) is 0 Å². The van der Waals surface area contributed by atoms with Gasteiger partial charge in [-0.3, -0.25) is 9.59 Å². The molecule has 1 heterocycles. The van der Waals surface area contributed by atoms with Gasteiger partial charge in [0.15, 0.2) is 11.9 Å². The molecule has 126 valence electrons. The van der Waals surface area contributed by atoms with E-state index in [1.807, 2.05) is 0 Å². The van der Waals surface area contributed by atoms with E-state index in [1.54, 1.807) is 38.1 Å². The van der Waals surface area contributed by atoms with Gasteiger partial charge in [-0.05, 0) is 45.4 Å². The Kier molecular flexibility index (Phi) is 5.39. The largest absolute Gasteiger partial charge is 0.450 e. The molecule has 0 aliphatic carbocycles. The summed E-state index contributed by atoms with van der Waals surface area (Å²) in [7, 11) is 0. The first kappa shape index (κ1) is 18.1. The van der Waals surface area contributed by atoms with E-state index in [0.717, 1.165) is 4.47 Å². The van der Waals surface area contributed by atoms with E-state index >= 15 is 0 Å². The first-order valence-corrected chi connectivity index (χ1v) is 8.22. The van der Waals surface area contributed by atoms with Crippen LogP contribution in [-0.2, 0) is 4.74 Å². The second kappa shape index (κ2) is 7.13. The standard InChI is InChI=1S/C18H18BrNO4/c1-9-15(11(3)21)10(2)20-16(9)18(23)24-12(4)17(22)13-5-7-14(19)8-6-13/h5-8,12,20H,1-4H3/t12-/m0/s1. The number of ether oxygens (including phenoxy) is 1. The summed E-state index contributed by atoms with van der Waals surface area (Å²) >= 11 is 3.30. The molecule has 0 amide bonds. The molecule has 1 aromatic heterocycles. The average Bonchev–Trinajstić information content (AvgIpc) is 2.82. The van der Waals surface area contributed by atoms with Crippen LogP contribution in [-0.4, -0.2) is 28.6 Å². The predicted molar refractivity (Wildman–Crippen MR) is 93.6 cm³/mol. The molecule has 1 aromatic carbocycles. The van der Waals surface area contributed by atoms with Crippen LogP contribution in [0.1, 0.15) is 56.3 Å².